The Morgan fingerprint density at radius 2 is 2.16 bits per heavy atom. The molecule has 1 aromatic heterocycles. The zero-order chi connectivity index (χ0) is 14.0. The van der Waals surface area contributed by atoms with Crippen LogP contribution in [0.25, 0.3) is 0 Å². The number of halogens is 2. The summed E-state index contributed by atoms with van der Waals surface area (Å²) in [5.74, 6) is -1.94. The Bertz CT molecular complexity index is 610. The minimum absolute atomic E-state index is 0.272. The van der Waals surface area contributed by atoms with Crippen LogP contribution in [0.3, 0.4) is 0 Å². The maximum atomic E-state index is 13.5. The van der Waals surface area contributed by atoms with Crippen LogP contribution >= 0.6 is 0 Å². The molecule has 1 aromatic carbocycles. The molecular formula is C13H13F2N3O. The Labute approximate surface area is 109 Å². The lowest BCUT2D eigenvalue weighted by atomic mass is 10.1. The summed E-state index contributed by atoms with van der Waals surface area (Å²) in [6.45, 7) is 0.280. The van der Waals surface area contributed by atoms with Crippen molar-refractivity contribution in [2.24, 2.45) is 7.05 Å². The van der Waals surface area contributed by atoms with Gasteiger partial charge in [-0.25, -0.2) is 8.78 Å². The van der Waals surface area contributed by atoms with Crippen LogP contribution in [-0.2, 0) is 13.6 Å². The molecule has 19 heavy (non-hydrogen) atoms. The summed E-state index contributed by atoms with van der Waals surface area (Å²) in [6.07, 6.45) is 3.37. The first kappa shape index (κ1) is 13.2. The van der Waals surface area contributed by atoms with Gasteiger partial charge in [-0.05, 0) is 18.2 Å². The summed E-state index contributed by atoms with van der Waals surface area (Å²) < 4.78 is 28.2. The molecule has 100 valence electrons. The normalized spacial score (nSPS) is 10.5. The molecule has 0 fully saturated rings. The first-order valence-electron chi connectivity index (χ1n) is 5.65. The van der Waals surface area contributed by atoms with E-state index in [2.05, 4.69) is 5.10 Å². The molecule has 0 spiro atoms. The van der Waals surface area contributed by atoms with Crippen molar-refractivity contribution in [1.29, 1.82) is 0 Å². The highest BCUT2D eigenvalue weighted by atomic mass is 19.1. The molecule has 0 aliphatic rings. The fourth-order valence-electron chi connectivity index (χ4n) is 1.77. The second-order valence-electron chi connectivity index (χ2n) is 4.31. The van der Waals surface area contributed by atoms with Crippen molar-refractivity contribution in [3.63, 3.8) is 0 Å². The largest absolute Gasteiger partial charge is 0.337 e. The molecule has 0 unspecified atom stereocenters. The summed E-state index contributed by atoms with van der Waals surface area (Å²) in [6, 6.07) is 2.82. The second-order valence-corrected chi connectivity index (χ2v) is 4.31. The number of hydrogen-bond donors (Lipinski definition) is 0. The summed E-state index contributed by atoms with van der Waals surface area (Å²) >= 11 is 0. The first-order chi connectivity index (χ1) is 8.97. The topological polar surface area (TPSA) is 38.1 Å². The van der Waals surface area contributed by atoms with Crippen LogP contribution in [0.4, 0.5) is 8.78 Å². The molecule has 0 atom stereocenters. The lowest BCUT2D eigenvalue weighted by Gasteiger charge is -2.16. The average Bonchev–Trinajstić information content (AvgIpc) is 2.77. The number of aryl methyl sites for hydroxylation is 1. The number of rotatable bonds is 3. The highest BCUT2D eigenvalue weighted by molar-refractivity contribution is 5.94. The van der Waals surface area contributed by atoms with E-state index in [0.717, 1.165) is 23.8 Å². The van der Waals surface area contributed by atoms with Crippen molar-refractivity contribution < 1.29 is 13.6 Å². The molecule has 0 aliphatic heterocycles. The van der Waals surface area contributed by atoms with Crippen molar-refractivity contribution in [2.75, 3.05) is 7.05 Å². The number of aromatic nitrogens is 2. The predicted molar refractivity (Wildman–Crippen MR) is 65.4 cm³/mol. The van der Waals surface area contributed by atoms with Crippen molar-refractivity contribution in [3.8, 4) is 0 Å². The highest BCUT2D eigenvalue weighted by Gasteiger charge is 2.17. The van der Waals surface area contributed by atoms with Crippen LogP contribution in [0.1, 0.15) is 15.9 Å². The SMILES string of the molecule is CN(Cc1cnn(C)c1)C(=O)c1cc(F)ccc1F. The second kappa shape index (κ2) is 5.17. The van der Waals surface area contributed by atoms with Crippen LogP contribution in [0, 0.1) is 11.6 Å². The predicted octanol–water partition coefficient (Wildman–Crippen LogP) is 1.97. The van der Waals surface area contributed by atoms with Gasteiger partial charge >= 0.3 is 0 Å². The molecule has 0 saturated heterocycles. The van der Waals surface area contributed by atoms with Gasteiger partial charge in [-0.1, -0.05) is 0 Å². The Morgan fingerprint density at radius 1 is 1.42 bits per heavy atom. The maximum Gasteiger partial charge on any atom is 0.256 e. The van der Waals surface area contributed by atoms with Gasteiger partial charge in [0, 0.05) is 32.4 Å². The smallest absolute Gasteiger partial charge is 0.256 e. The van der Waals surface area contributed by atoms with Gasteiger partial charge in [-0.3, -0.25) is 9.48 Å². The van der Waals surface area contributed by atoms with Gasteiger partial charge in [0.05, 0.1) is 11.8 Å². The number of nitrogens with zero attached hydrogens (tertiary/aromatic N) is 3. The number of hydrogen-bond acceptors (Lipinski definition) is 2. The minimum Gasteiger partial charge on any atom is -0.337 e. The van der Waals surface area contributed by atoms with E-state index >= 15 is 0 Å². The van der Waals surface area contributed by atoms with Crippen LogP contribution in [-0.4, -0.2) is 27.6 Å². The van der Waals surface area contributed by atoms with Gasteiger partial charge in [-0.15, -0.1) is 0 Å². The van der Waals surface area contributed by atoms with Gasteiger partial charge in [0.15, 0.2) is 0 Å². The molecule has 0 saturated carbocycles. The molecule has 2 rings (SSSR count). The number of benzene rings is 1. The summed E-state index contributed by atoms with van der Waals surface area (Å²) in [7, 11) is 3.29. The molecule has 6 heteroatoms. The third-order valence-electron chi connectivity index (χ3n) is 2.68. The van der Waals surface area contributed by atoms with Crippen molar-refractivity contribution in [3.05, 3.63) is 53.4 Å². The Kier molecular flexibility index (Phi) is 3.59. The van der Waals surface area contributed by atoms with Crippen LogP contribution < -0.4 is 0 Å². The molecule has 0 bridgehead atoms. The molecule has 0 aliphatic carbocycles. The van der Waals surface area contributed by atoms with Crippen molar-refractivity contribution in [2.45, 2.75) is 6.54 Å². The van der Waals surface area contributed by atoms with Gasteiger partial charge in [0.2, 0.25) is 0 Å². The molecule has 0 N–H and O–H groups in total. The van der Waals surface area contributed by atoms with E-state index in [-0.39, 0.29) is 12.1 Å². The van der Waals surface area contributed by atoms with E-state index < -0.39 is 17.5 Å². The Morgan fingerprint density at radius 3 is 2.79 bits per heavy atom. The number of amides is 1. The third-order valence-corrected chi connectivity index (χ3v) is 2.68. The van der Waals surface area contributed by atoms with E-state index in [1.807, 2.05) is 0 Å². The van der Waals surface area contributed by atoms with Gasteiger partial charge in [-0.2, -0.15) is 5.10 Å². The van der Waals surface area contributed by atoms with Crippen molar-refractivity contribution in [1.82, 2.24) is 14.7 Å². The first-order valence-corrected chi connectivity index (χ1v) is 5.65. The lowest BCUT2D eigenvalue weighted by Crippen LogP contribution is -2.27. The van der Waals surface area contributed by atoms with Crippen molar-refractivity contribution >= 4 is 5.91 Å². The summed E-state index contributed by atoms with van der Waals surface area (Å²) in [5.41, 5.74) is 0.543. The third kappa shape index (κ3) is 2.96. The molecule has 1 heterocycles. The van der Waals surface area contributed by atoms with Crippen LogP contribution in [0.15, 0.2) is 30.6 Å². The molecular weight excluding hydrogens is 252 g/mol. The van der Waals surface area contributed by atoms with E-state index in [1.54, 1.807) is 24.1 Å². The van der Waals surface area contributed by atoms with E-state index in [0.29, 0.717) is 0 Å². The summed E-state index contributed by atoms with van der Waals surface area (Å²) in [4.78, 5) is 13.3. The van der Waals surface area contributed by atoms with Gasteiger partial charge in [0.1, 0.15) is 11.6 Å². The minimum atomic E-state index is -0.732. The molecule has 1 amide bonds. The lowest BCUT2D eigenvalue weighted by molar-refractivity contribution is 0.0780. The number of carbonyl (C=O) groups is 1. The Balaban J connectivity index is 2.16. The maximum absolute atomic E-state index is 13.5. The highest BCUT2D eigenvalue weighted by Crippen LogP contribution is 2.13. The summed E-state index contributed by atoms with van der Waals surface area (Å²) in [5, 5.41) is 3.98. The molecule has 2 aromatic rings. The van der Waals surface area contributed by atoms with E-state index in [4.69, 9.17) is 0 Å². The zero-order valence-corrected chi connectivity index (χ0v) is 10.6. The quantitative estimate of drug-likeness (QED) is 0.851. The average molecular weight is 265 g/mol. The van der Waals surface area contributed by atoms with Crippen LogP contribution in [0.5, 0.6) is 0 Å². The van der Waals surface area contributed by atoms with E-state index in [9.17, 15) is 13.6 Å². The van der Waals surface area contributed by atoms with Gasteiger partial charge in [0.25, 0.3) is 5.91 Å². The monoisotopic (exact) mass is 265 g/mol. The Hall–Kier alpha value is -2.24. The van der Waals surface area contributed by atoms with E-state index in [1.165, 1.54) is 11.9 Å². The fourth-order valence-corrected chi connectivity index (χ4v) is 1.77. The molecule has 0 radical (unpaired) electrons. The standard InChI is InChI=1S/C13H13F2N3O/c1-17(7-9-6-16-18(2)8-9)13(19)11-5-10(14)3-4-12(11)15/h3-6,8H,7H2,1-2H3. The number of carbonyl (C=O) groups excluding carboxylic acids is 1. The fraction of sp³-hybridized carbons (Fsp3) is 0.231. The molecule has 4 nitrogen and oxygen atoms in total. The van der Waals surface area contributed by atoms with Crippen LogP contribution in [0.2, 0.25) is 0 Å². The zero-order valence-electron chi connectivity index (χ0n) is 10.6. The van der Waals surface area contributed by atoms with Gasteiger partial charge < -0.3 is 4.90 Å².